The number of hydrogen-bond donors (Lipinski definition) is 0. The Labute approximate surface area is 159 Å². The Kier molecular flexibility index (Phi) is 4.62. The van der Waals surface area contributed by atoms with E-state index in [0.29, 0.717) is 30.2 Å². The minimum absolute atomic E-state index is 0.220. The number of nitrogens with zero attached hydrogens (tertiary/aromatic N) is 3. The van der Waals surface area contributed by atoms with E-state index >= 15 is 0 Å². The van der Waals surface area contributed by atoms with Crippen LogP contribution in [0.5, 0.6) is 5.75 Å². The first kappa shape index (κ1) is 18.0. The van der Waals surface area contributed by atoms with E-state index in [4.69, 9.17) is 10.00 Å². The number of pyridine rings is 1. The molecule has 0 N–H and O–H groups in total. The van der Waals surface area contributed by atoms with Crippen molar-refractivity contribution in [1.82, 2.24) is 9.29 Å². The van der Waals surface area contributed by atoms with Crippen LogP contribution in [0.25, 0.3) is 0 Å². The van der Waals surface area contributed by atoms with Gasteiger partial charge in [-0.1, -0.05) is 0 Å². The number of benzene rings is 1. The number of aromatic nitrogens is 1. The van der Waals surface area contributed by atoms with Gasteiger partial charge in [0.15, 0.2) is 0 Å². The summed E-state index contributed by atoms with van der Waals surface area (Å²) in [6, 6.07) is 9.09. The highest BCUT2D eigenvalue weighted by atomic mass is 32.2. The Balaban J connectivity index is 1.49. The van der Waals surface area contributed by atoms with Gasteiger partial charge in [-0.3, -0.25) is 4.98 Å². The van der Waals surface area contributed by atoms with Gasteiger partial charge in [-0.2, -0.15) is 9.57 Å². The predicted molar refractivity (Wildman–Crippen MR) is 100 cm³/mol. The van der Waals surface area contributed by atoms with Gasteiger partial charge >= 0.3 is 0 Å². The number of ether oxygens (including phenoxy) is 1. The van der Waals surface area contributed by atoms with Gasteiger partial charge < -0.3 is 4.74 Å². The summed E-state index contributed by atoms with van der Waals surface area (Å²) in [6.07, 6.45) is 3.81. The van der Waals surface area contributed by atoms with Crippen molar-refractivity contribution in [2.45, 2.75) is 37.0 Å². The van der Waals surface area contributed by atoms with Crippen LogP contribution in [0.4, 0.5) is 0 Å². The van der Waals surface area contributed by atoms with E-state index in [2.05, 4.69) is 11.1 Å². The number of nitriles is 1. The molecule has 6 nitrogen and oxygen atoms in total. The molecule has 2 aliphatic rings. The molecule has 7 heteroatoms. The zero-order valence-corrected chi connectivity index (χ0v) is 16.0. The number of hydrogen-bond acceptors (Lipinski definition) is 5. The van der Waals surface area contributed by atoms with Gasteiger partial charge in [0.25, 0.3) is 0 Å². The van der Waals surface area contributed by atoms with Gasteiger partial charge in [-0.25, -0.2) is 8.42 Å². The normalized spacial score (nSPS) is 17.9. The molecular weight excluding hydrogens is 362 g/mol. The van der Waals surface area contributed by atoms with Crippen LogP contribution >= 0.6 is 0 Å². The lowest BCUT2D eigenvalue weighted by atomic mass is 9.91. The van der Waals surface area contributed by atoms with E-state index in [1.807, 2.05) is 13.0 Å². The molecule has 4 rings (SSSR count). The molecule has 0 radical (unpaired) electrons. The van der Waals surface area contributed by atoms with Crippen LogP contribution < -0.4 is 4.74 Å². The first-order chi connectivity index (χ1) is 13.0. The molecular formula is C20H21N3O3S. The summed E-state index contributed by atoms with van der Waals surface area (Å²) in [6.45, 7) is 3.52. The van der Waals surface area contributed by atoms with Gasteiger partial charge in [0.1, 0.15) is 11.8 Å². The number of aryl methyl sites for hydroxylation is 1. The van der Waals surface area contributed by atoms with E-state index < -0.39 is 10.0 Å². The molecule has 0 amide bonds. The molecule has 0 atom stereocenters. The minimum atomic E-state index is -3.50. The molecule has 3 heterocycles. The highest BCUT2D eigenvalue weighted by Crippen LogP contribution is 2.33. The first-order valence-corrected chi connectivity index (χ1v) is 10.6. The van der Waals surface area contributed by atoms with Crippen molar-refractivity contribution in [1.29, 1.82) is 5.26 Å². The van der Waals surface area contributed by atoms with Gasteiger partial charge in [0.05, 0.1) is 17.1 Å². The Morgan fingerprint density at radius 2 is 2.04 bits per heavy atom. The summed E-state index contributed by atoms with van der Waals surface area (Å²) >= 11 is 0. The smallest absolute Gasteiger partial charge is 0.243 e. The molecule has 1 saturated heterocycles. The van der Waals surface area contributed by atoms with Crippen molar-refractivity contribution in [2.24, 2.45) is 0 Å². The van der Waals surface area contributed by atoms with E-state index in [1.165, 1.54) is 0 Å². The standard InChI is InChI=1S/C20H21N3O3S/c1-14-10-15(12-21)13-22-20(14)16-4-7-23(8-5-16)27(24,25)18-2-3-19-17(11-18)6-9-26-19/h2-3,10-11,13,16H,4-9H2,1H3. The molecule has 2 aromatic rings. The second-order valence-electron chi connectivity index (χ2n) is 7.08. The highest BCUT2D eigenvalue weighted by Gasteiger charge is 2.31. The number of fused-ring (bicyclic) bond motifs is 1. The zero-order valence-electron chi connectivity index (χ0n) is 15.2. The highest BCUT2D eigenvalue weighted by molar-refractivity contribution is 7.89. The number of piperidine rings is 1. The Morgan fingerprint density at radius 3 is 2.74 bits per heavy atom. The lowest BCUT2D eigenvalue weighted by molar-refractivity contribution is 0.316. The first-order valence-electron chi connectivity index (χ1n) is 9.11. The van der Waals surface area contributed by atoms with Gasteiger partial charge in [0.2, 0.25) is 10.0 Å². The Bertz CT molecular complexity index is 1020. The summed E-state index contributed by atoms with van der Waals surface area (Å²) in [5, 5.41) is 8.98. The van der Waals surface area contributed by atoms with E-state index in [-0.39, 0.29) is 5.92 Å². The SMILES string of the molecule is Cc1cc(C#N)cnc1C1CCN(S(=O)(=O)c2ccc3c(c2)CCO3)CC1. The second-order valence-corrected chi connectivity index (χ2v) is 9.02. The van der Waals surface area contributed by atoms with E-state index in [0.717, 1.165) is 41.8 Å². The molecule has 0 unspecified atom stereocenters. The molecule has 1 aromatic carbocycles. The van der Waals surface area contributed by atoms with Crippen LogP contribution in [0.1, 0.15) is 41.1 Å². The molecule has 1 fully saturated rings. The maximum absolute atomic E-state index is 13.0. The van der Waals surface area contributed by atoms with Crippen LogP contribution in [0, 0.1) is 18.3 Å². The van der Waals surface area contributed by atoms with Crippen molar-refractivity contribution in [3.63, 3.8) is 0 Å². The molecule has 0 saturated carbocycles. The van der Waals surface area contributed by atoms with Gasteiger partial charge in [-0.15, -0.1) is 0 Å². The third-order valence-corrected chi connectivity index (χ3v) is 7.28. The van der Waals surface area contributed by atoms with Crippen LogP contribution in [0.2, 0.25) is 0 Å². The summed E-state index contributed by atoms with van der Waals surface area (Å²) in [5.41, 5.74) is 3.48. The quantitative estimate of drug-likeness (QED) is 0.814. The molecule has 0 spiro atoms. The summed E-state index contributed by atoms with van der Waals surface area (Å²) < 4.78 is 33.1. The van der Waals surface area contributed by atoms with E-state index in [9.17, 15) is 8.42 Å². The van der Waals surface area contributed by atoms with Crippen LogP contribution in [-0.2, 0) is 16.4 Å². The maximum Gasteiger partial charge on any atom is 0.243 e. The molecule has 0 bridgehead atoms. The van der Waals surface area contributed by atoms with Crippen molar-refractivity contribution in [3.8, 4) is 11.8 Å². The fourth-order valence-electron chi connectivity index (χ4n) is 3.92. The topological polar surface area (TPSA) is 83.3 Å². The fourth-order valence-corrected chi connectivity index (χ4v) is 5.44. The molecule has 1 aromatic heterocycles. The van der Waals surface area contributed by atoms with Crippen molar-refractivity contribution in [3.05, 3.63) is 52.8 Å². The zero-order chi connectivity index (χ0) is 19.0. The van der Waals surface area contributed by atoms with Crippen LogP contribution in [-0.4, -0.2) is 37.4 Å². The number of rotatable bonds is 3. The third-order valence-electron chi connectivity index (χ3n) is 5.39. The summed E-state index contributed by atoms with van der Waals surface area (Å²) in [7, 11) is -3.50. The Morgan fingerprint density at radius 1 is 1.26 bits per heavy atom. The van der Waals surface area contributed by atoms with Crippen molar-refractivity contribution < 1.29 is 13.2 Å². The van der Waals surface area contributed by atoms with Gasteiger partial charge in [-0.05, 0) is 55.2 Å². The lowest BCUT2D eigenvalue weighted by Gasteiger charge is -2.31. The molecule has 0 aliphatic carbocycles. The van der Waals surface area contributed by atoms with Crippen LogP contribution in [0.3, 0.4) is 0 Å². The predicted octanol–water partition coefficient (Wildman–Crippen LogP) is 2.76. The Hall–Kier alpha value is -2.43. The summed E-state index contributed by atoms with van der Waals surface area (Å²) in [4.78, 5) is 4.80. The van der Waals surface area contributed by atoms with Crippen molar-refractivity contribution >= 4 is 10.0 Å². The third kappa shape index (κ3) is 3.31. The summed E-state index contributed by atoms with van der Waals surface area (Å²) in [5.74, 6) is 1.01. The molecule has 140 valence electrons. The second kappa shape index (κ2) is 6.95. The largest absolute Gasteiger partial charge is 0.493 e. The monoisotopic (exact) mass is 383 g/mol. The fraction of sp³-hybridized carbons (Fsp3) is 0.400. The minimum Gasteiger partial charge on any atom is -0.493 e. The average molecular weight is 383 g/mol. The van der Waals surface area contributed by atoms with Crippen LogP contribution in [0.15, 0.2) is 35.4 Å². The maximum atomic E-state index is 13.0. The molecule has 2 aliphatic heterocycles. The molecule has 27 heavy (non-hydrogen) atoms. The number of sulfonamides is 1. The lowest BCUT2D eigenvalue weighted by Crippen LogP contribution is -2.38. The van der Waals surface area contributed by atoms with E-state index in [1.54, 1.807) is 28.7 Å². The van der Waals surface area contributed by atoms with Crippen molar-refractivity contribution in [2.75, 3.05) is 19.7 Å². The average Bonchev–Trinajstić information content (AvgIpc) is 3.16. The van der Waals surface area contributed by atoms with Gasteiger partial charge in [0, 0.05) is 37.3 Å².